The minimum Gasteiger partial charge on any atom is -0.493 e. The first-order valence-electron chi connectivity index (χ1n) is 17.6. The van der Waals surface area contributed by atoms with Crippen LogP contribution < -0.4 is 37.9 Å². The van der Waals surface area contributed by atoms with Gasteiger partial charge >= 0.3 is 23.9 Å². The van der Waals surface area contributed by atoms with Crippen molar-refractivity contribution < 1.29 is 76.0 Å². The fourth-order valence-electron chi connectivity index (χ4n) is 6.90. The third-order valence-electron chi connectivity index (χ3n) is 9.25. The number of fused-ring (bicyclic) bond motifs is 1. The van der Waals surface area contributed by atoms with Gasteiger partial charge in [0.25, 0.3) is 0 Å². The zero-order chi connectivity index (χ0) is 40.7. The monoisotopic (exact) mass is 782 g/mol. The van der Waals surface area contributed by atoms with Gasteiger partial charge in [0.15, 0.2) is 46.7 Å². The normalized spacial score (nSPS) is 19.4. The summed E-state index contributed by atoms with van der Waals surface area (Å²) in [6.45, 7) is 5.41. The first-order chi connectivity index (χ1) is 26.8. The zero-order valence-electron chi connectivity index (χ0n) is 32.7. The number of esters is 4. The Morgan fingerprint density at radius 3 is 1.50 bits per heavy atom. The number of hydrogen-bond acceptors (Lipinski definition) is 16. The maximum absolute atomic E-state index is 12.5. The van der Waals surface area contributed by atoms with Gasteiger partial charge in [0.05, 0.1) is 61.0 Å². The van der Waals surface area contributed by atoms with Crippen LogP contribution in [0.3, 0.4) is 0 Å². The lowest BCUT2D eigenvalue weighted by atomic mass is 9.84. The molecule has 6 unspecified atom stereocenters. The van der Waals surface area contributed by atoms with Gasteiger partial charge in [-0.15, -0.1) is 0 Å². The molecule has 3 aromatic carbocycles. The van der Waals surface area contributed by atoms with Gasteiger partial charge < -0.3 is 56.8 Å². The van der Waals surface area contributed by atoms with Crippen LogP contribution in [0, 0.1) is 11.8 Å². The zero-order valence-corrected chi connectivity index (χ0v) is 32.7. The molecule has 2 saturated heterocycles. The van der Waals surface area contributed by atoms with Crippen LogP contribution in [0.25, 0.3) is 0 Å². The highest BCUT2D eigenvalue weighted by atomic mass is 16.6. The van der Waals surface area contributed by atoms with E-state index in [1.807, 2.05) is 0 Å². The average molecular weight is 783 g/mol. The van der Waals surface area contributed by atoms with E-state index < -0.39 is 42.2 Å². The Bertz CT molecular complexity index is 1870. The van der Waals surface area contributed by atoms with Gasteiger partial charge in [-0.05, 0) is 47.5 Å². The maximum atomic E-state index is 12.5. The van der Waals surface area contributed by atoms with Gasteiger partial charge in [-0.3, -0.25) is 19.2 Å². The second kappa shape index (κ2) is 18.3. The molecule has 6 atom stereocenters. The summed E-state index contributed by atoms with van der Waals surface area (Å²) in [5, 5.41) is 0. The highest BCUT2D eigenvalue weighted by molar-refractivity contribution is 5.73. The van der Waals surface area contributed by atoms with E-state index in [0.717, 1.165) is 11.1 Å². The smallest absolute Gasteiger partial charge is 0.308 e. The van der Waals surface area contributed by atoms with E-state index in [-0.39, 0.29) is 59.0 Å². The first-order valence-corrected chi connectivity index (χ1v) is 17.6. The van der Waals surface area contributed by atoms with Crippen LogP contribution in [-0.4, -0.2) is 85.4 Å². The Hall–Kier alpha value is -5.74. The molecule has 0 amide bonds. The third kappa shape index (κ3) is 9.20. The minimum atomic E-state index is -1.16. The van der Waals surface area contributed by atoms with Crippen molar-refractivity contribution in [2.45, 2.75) is 52.1 Å². The molecule has 302 valence electrons. The Labute approximate surface area is 324 Å². The Morgan fingerprint density at radius 2 is 1.07 bits per heavy atom. The van der Waals surface area contributed by atoms with Crippen molar-refractivity contribution in [1.29, 1.82) is 0 Å². The SMILES string of the molecule is COc1cc(C(OC(C)=O)C(COC(C)=O)Oc2c(OC)cc(C3OCC4C(c5cc(OC)c(OC(C)=O)c(OC)c5)OCC34)cc2OC)ccc1OC(C)=O. The van der Waals surface area contributed by atoms with Crippen molar-refractivity contribution in [1.82, 2.24) is 0 Å². The standard InChI is InChI=1S/C40H46O16/c1-20(41)50-19-35(38(54-22(3)43)24-10-11-29(53-21(2)42)30(12-24)45-5)56-40-33(48-8)15-26(16-34(40)49-9)37-28-18-51-36(27(28)17-52-37)25-13-31(46-6)39(55-23(4)44)32(14-25)47-7/h10-16,27-28,35-38H,17-19H2,1-9H3. The summed E-state index contributed by atoms with van der Waals surface area (Å²) in [6.07, 6.45) is -3.11. The molecule has 16 nitrogen and oxygen atoms in total. The fourth-order valence-corrected chi connectivity index (χ4v) is 6.90. The summed E-state index contributed by atoms with van der Waals surface area (Å²) in [7, 11) is 7.26. The largest absolute Gasteiger partial charge is 0.493 e. The number of carbonyl (C=O) groups excluding carboxylic acids is 4. The third-order valence-corrected chi connectivity index (χ3v) is 9.25. The summed E-state index contributed by atoms with van der Waals surface area (Å²) in [5.41, 5.74) is 1.88. The lowest BCUT2D eigenvalue weighted by Gasteiger charge is -2.29. The average Bonchev–Trinajstić information content (AvgIpc) is 3.78. The molecule has 0 N–H and O–H groups in total. The molecule has 16 heteroatoms. The molecule has 5 rings (SSSR count). The molecule has 0 spiro atoms. The number of hydrogen-bond donors (Lipinski definition) is 0. The fraction of sp³-hybridized carbons (Fsp3) is 0.450. The number of methoxy groups -OCH3 is 5. The molecular weight excluding hydrogens is 736 g/mol. The van der Waals surface area contributed by atoms with Crippen LogP contribution in [0.15, 0.2) is 42.5 Å². The summed E-state index contributed by atoms with van der Waals surface area (Å²) >= 11 is 0. The molecule has 0 saturated carbocycles. The van der Waals surface area contributed by atoms with Gasteiger partial charge in [-0.2, -0.15) is 0 Å². The van der Waals surface area contributed by atoms with Crippen LogP contribution in [0.5, 0.6) is 46.0 Å². The maximum Gasteiger partial charge on any atom is 0.308 e. The highest BCUT2D eigenvalue weighted by Gasteiger charge is 2.49. The predicted octanol–water partition coefficient (Wildman–Crippen LogP) is 5.27. The van der Waals surface area contributed by atoms with Crippen LogP contribution in [0.2, 0.25) is 0 Å². The molecule has 0 aromatic heterocycles. The molecular formula is C40H46O16. The van der Waals surface area contributed by atoms with Crippen LogP contribution in [-0.2, 0) is 38.1 Å². The van der Waals surface area contributed by atoms with Crippen LogP contribution in [0.4, 0.5) is 0 Å². The molecule has 56 heavy (non-hydrogen) atoms. The van der Waals surface area contributed by atoms with E-state index in [4.69, 9.17) is 56.8 Å². The van der Waals surface area contributed by atoms with E-state index in [9.17, 15) is 19.2 Å². The van der Waals surface area contributed by atoms with Gasteiger partial charge in [-0.25, -0.2) is 0 Å². The van der Waals surface area contributed by atoms with Crippen molar-refractivity contribution in [2.75, 3.05) is 55.4 Å². The van der Waals surface area contributed by atoms with Gasteiger partial charge in [0.1, 0.15) is 6.61 Å². The Morgan fingerprint density at radius 1 is 0.589 bits per heavy atom. The minimum absolute atomic E-state index is 0.0660. The number of rotatable bonds is 16. The van der Waals surface area contributed by atoms with Crippen LogP contribution >= 0.6 is 0 Å². The molecule has 0 radical (unpaired) electrons. The quantitative estimate of drug-likeness (QED) is 0.135. The molecule has 2 aliphatic rings. The van der Waals surface area contributed by atoms with E-state index in [2.05, 4.69) is 0 Å². The lowest BCUT2D eigenvalue weighted by Crippen LogP contribution is -2.34. The van der Waals surface area contributed by atoms with E-state index in [1.165, 1.54) is 75.4 Å². The van der Waals surface area contributed by atoms with Gasteiger partial charge in [0, 0.05) is 45.1 Å². The lowest BCUT2D eigenvalue weighted by molar-refractivity contribution is -0.157. The van der Waals surface area contributed by atoms with Crippen molar-refractivity contribution in [3.63, 3.8) is 0 Å². The van der Waals surface area contributed by atoms with Crippen LogP contribution in [0.1, 0.15) is 62.7 Å². The number of carbonyl (C=O) groups is 4. The predicted molar refractivity (Wildman–Crippen MR) is 195 cm³/mol. The van der Waals surface area contributed by atoms with Gasteiger partial charge in [-0.1, -0.05) is 6.07 Å². The second-order valence-corrected chi connectivity index (χ2v) is 12.9. The first kappa shape index (κ1) is 41.4. The molecule has 2 heterocycles. The number of ether oxygens (including phenoxy) is 12. The molecule has 2 fully saturated rings. The summed E-state index contributed by atoms with van der Waals surface area (Å²) in [5.74, 6) is -0.657. The van der Waals surface area contributed by atoms with Crippen molar-refractivity contribution in [3.05, 3.63) is 59.2 Å². The van der Waals surface area contributed by atoms with Crippen molar-refractivity contribution in [2.24, 2.45) is 11.8 Å². The van der Waals surface area contributed by atoms with E-state index in [1.54, 1.807) is 30.3 Å². The Kier molecular flexibility index (Phi) is 13.5. The summed E-state index contributed by atoms with van der Waals surface area (Å²) in [6, 6.07) is 11.6. The number of benzene rings is 3. The van der Waals surface area contributed by atoms with Crippen molar-refractivity contribution in [3.8, 4) is 46.0 Å². The highest BCUT2D eigenvalue weighted by Crippen LogP contribution is 2.54. The molecule has 0 bridgehead atoms. The van der Waals surface area contributed by atoms with E-state index in [0.29, 0.717) is 30.3 Å². The molecule has 3 aromatic rings. The Balaban J connectivity index is 1.47. The van der Waals surface area contributed by atoms with Crippen molar-refractivity contribution >= 4 is 23.9 Å². The molecule has 0 aliphatic carbocycles. The van der Waals surface area contributed by atoms with Gasteiger partial charge in [0.2, 0.25) is 11.5 Å². The summed E-state index contributed by atoms with van der Waals surface area (Å²) < 4.78 is 69.2. The molecule has 2 aliphatic heterocycles. The topological polar surface area (TPSA) is 179 Å². The second-order valence-electron chi connectivity index (χ2n) is 12.9. The summed E-state index contributed by atoms with van der Waals surface area (Å²) in [4.78, 5) is 47.9. The van der Waals surface area contributed by atoms with E-state index >= 15 is 0 Å².